The van der Waals surface area contributed by atoms with Crippen molar-refractivity contribution < 1.29 is 9.53 Å². The van der Waals surface area contributed by atoms with Crippen molar-refractivity contribution in [1.82, 2.24) is 19.9 Å². The van der Waals surface area contributed by atoms with E-state index in [1.165, 1.54) is 0 Å². The molecule has 0 N–H and O–H groups in total. The lowest BCUT2D eigenvalue weighted by Gasteiger charge is -2.33. The summed E-state index contributed by atoms with van der Waals surface area (Å²) in [6.45, 7) is 6.59. The summed E-state index contributed by atoms with van der Waals surface area (Å²) in [6.07, 6.45) is 7.77. The molecule has 1 saturated heterocycles. The third-order valence-corrected chi connectivity index (χ3v) is 4.75. The van der Waals surface area contributed by atoms with Gasteiger partial charge in [-0.3, -0.25) is 9.78 Å². The Balaban J connectivity index is 1.72. The van der Waals surface area contributed by atoms with E-state index in [-0.39, 0.29) is 11.8 Å². The molecule has 26 heavy (non-hydrogen) atoms. The maximum absolute atomic E-state index is 12.7. The SMILES string of the molecule is CCOCc1cnc(C)nc1C1CCCN(C(=O)Cc2ccncc2)C1. The minimum Gasteiger partial charge on any atom is -0.377 e. The normalized spacial score (nSPS) is 17.3. The number of rotatable bonds is 6. The van der Waals surface area contributed by atoms with Crippen LogP contribution in [0, 0.1) is 6.92 Å². The van der Waals surface area contributed by atoms with Crippen molar-refractivity contribution in [3.05, 3.63) is 53.4 Å². The Kier molecular flexibility index (Phi) is 6.28. The Morgan fingerprint density at radius 3 is 2.92 bits per heavy atom. The van der Waals surface area contributed by atoms with Gasteiger partial charge in [0.15, 0.2) is 0 Å². The summed E-state index contributed by atoms with van der Waals surface area (Å²) in [5, 5.41) is 0. The van der Waals surface area contributed by atoms with E-state index in [0.29, 0.717) is 26.2 Å². The fourth-order valence-electron chi connectivity index (χ4n) is 3.40. The number of amides is 1. The zero-order valence-electron chi connectivity index (χ0n) is 15.5. The standard InChI is InChI=1S/C20H26N4O2/c1-3-26-14-18-12-22-15(2)23-20(18)17-5-4-10-24(13-17)19(25)11-16-6-8-21-9-7-16/h6-9,12,17H,3-5,10-11,13-14H2,1-2H3. The number of piperidine rings is 1. The molecule has 0 saturated carbocycles. The molecule has 0 radical (unpaired) electrons. The molecule has 0 aromatic carbocycles. The van der Waals surface area contributed by atoms with Gasteiger partial charge in [-0.15, -0.1) is 0 Å². The molecule has 0 bridgehead atoms. The van der Waals surface area contributed by atoms with E-state index in [9.17, 15) is 4.79 Å². The van der Waals surface area contributed by atoms with Crippen LogP contribution in [0.1, 0.15) is 48.3 Å². The lowest BCUT2D eigenvalue weighted by atomic mass is 9.91. The minimum absolute atomic E-state index is 0.165. The first-order valence-corrected chi connectivity index (χ1v) is 9.24. The van der Waals surface area contributed by atoms with Crippen molar-refractivity contribution >= 4 is 5.91 Å². The molecule has 1 atom stereocenters. The number of carbonyl (C=O) groups excluding carboxylic acids is 1. The van der Waals surface area contributed by atoms with Crippen molar-refractivity contribution in [2.75, 3.05) is 19.7 Å². The zero-order valence-corrected chi connectivity index (χ0v) is 15.5. The van der Waals surface area contributed by atoms with Gasteiger partial charge in [0, 0.05) is 49.8 Å². The van der Waals surface area contributed by atoms with Crippen LogP contribution in [0.2, 0.25) is 0 Å². The molecule has 1 unspecified atom stereocenters. The van der Waals surface area contributed by atoms with Crippen LogP contribution < -0.4 is 0 Å². The van der Waals surface area contributed by atoms with E-state index < -0.39 is 0 Å². The summed E-state index contributed by atoms with van der Waals surface area (Å²) in [6, 6.07) is 3.79. The van der Waals surface area contributed by atoms with Gasteiger partial charge in [-0.2, -0.15) is 0 Å². The highest BCUT2D eigenvalue weighted by atomic mass is 16.5. The minimum atomic E-state index is 0.165. The van der Waals surface area contributed by atoms with Crippen LogP contribution in [0.25, 0.3) is 0 Å². The number of aromatic nitrogens is 3. The number of likely N-dealkylation sites (tertiary alicyclic amines) is 1. The van der Waals surface area contributed by atoms with E-state index in [1.807, 2.05) is 37.1 Å². The Morgan fingerprint density at radius 1 is 1.35 bits per heavy atom. The van der Waals surface area contributed by atoms with Gasteiger partial charge in [-0.25, -0.2) is 9.97 Å². The highest BCUT2D eigenvalue weighted by molar-refractivity contribution is 5.78. The molecule has 2 aromatic rings. The van der Waals surface area contributed by atoms with Gasteiger partial charge in [0.05, 0.1) is 18.7 Å². The van der Waals surface area contributed by atoms with Crippen LogP contribution in [0.4, 0.5) is 0 Å². The van der Waals surface area contributed by atoms with Gasteiger partial charge in [-0.1, -0.05) is 0 Å². The number of pyridine rings is 1. The molecule has 6 nitrogen and oxygen atoms in total. The Morgan fingerprint density at radius 2 is 2.15 bits per heavy atom. The molecule has 2 aromatic heterocycles. The number of carbonyl (C=O) groups is 1. The third kappa shape index (κ3) is 4.64. The second-order valence-corrected chi connectivity index (χ2v) is 6.68. The van der Waals surface area contributed by atoms with Gasteiger partial charge in [-0.05, 0) is 44.4 Å². The first-order chi connectivity index (χ1) is 12.7. The molecule has 1 aliphatic heterocycles. The first kappa shape index (κ1) is 18.5. The quantitative estimate of drug-likeness (QED) is 0.798. The van der Waals surface area contributed by atoms with E-state index >= 15 is 0 Å². The average Bonchev–Trinajstić information content (AvgIpc) is 2.68. The third-order valence-electron chi connectivity index (χ3n) is 4.75. The molecule has 0 spiro atoms. The van der Waals surface area contributed by atoms with Gasteiger partial charge in [0.25, 0.3) is 0 Å². The summed E-state index contributed by atoms with van der Waals surface area (Å²) in [4.78, 5) is 27.7. The highest BCUT2D eigenvalue weighted by Gasteiger charge is 2.27. The summed E-state index contributed by atoms with van der Waals surface area (Å²) < 4.78 is 5.58. The summed E-state index contributed by atoms with van der Waals surface area (Å²) >= 11 is 0. The molecule has 1 fully saturated rings. The summed E-state index contributed by atoms with van der Waals surface area (Å²) in [5.41, 5.74) is 3.07. The maximum atomic E-state index is 12.7. The van der Waals surface area contributed by atoms with E-state index in [2.05, 4.69) is 9.97 Å². The zero-order chi connectivity index (χ0) is 18.4. The van der Waals surface area contributed by atoms with E-state index in [4.69, 9.17) is 9.72 Å². The topological polar surface area (TPSA) is 68.2 Å². The van der Waals surface area contributed by atoms with Gasteiger partial charge in [0.2, 0.25) is 5.91 Å². The molecule has 6 heteroatoms. The smallest absolute Gasteiger partial charge is 0.227 e. The average molecular weight is 354 g/mol. The van der Waals surface area contributed by atoms with Crippen LogP contribution in [-0.4, -0.2) is 45.5 Å². The number of nitrogens with zero attached hydrogens (tertiary/aromatic N) is 4. The largest absolute Gasteiger partial charge is 0.377 e. The van der Waals surface area contributed by atoms with Crippen LogP contribution >= 0.6 is 0 Å². The van der Waals surface area contributed by atoms with Crippen LogP contribution in [0.15, 0.2) is 30.7 Å². The molecular formula is C20H26N4O2. The first-order valence-electron chi connectivity index (χ1n) is 9.24. The molecule has 3 rings (SSSR count). The van der Waals surface area contributed by atoms with Crippen molar-refractivity contribution in [3.8, 4) is 0 Å². The van der Waals surface area contributed by atoms with Crippen molar-refractivity contribution in [2.24, 2.45) is 0 Å². The molecule has 0 aliphatic carbocycles. The van der Waals surface area contributed by atoms with E-state index in [0.717, 1.165) is 42.0 Å². The summed E-state index contributed by atoms with van der Waals surface area (Å²) in [5.74, 6) is 1.17. The lowest BCUT2D eigenvalue weighted by molar-refractivity contribution is -0.131. The molecule has 138 valence electrons. The Hall–Kier alpha value is -2.34. The van der Waals surface area contributed by atoms with Crippen LogP contribution in [0.5, 0.6) is 0 Å². The van der Waals surface area contributed by atoms with Crippen LogP contribution in [-0.2, 0) is 22.6 Å². The number of hydrogen-bond acceptors (Lipinski definition) is 5. The number of hydrogen-bond donors (Lipinski definition) is 0. The lowest BCUT2D eigenvalue weighted by Crippen LogP contribution is -2.40. The molecule has 1 aliphatic rings. The summed E-state index contributed by atoms with van der Waals surface area (Å²) in [7, 11) is 0. The second-order valence-electron chi connectivity index (χ2n) is 6.68. The highest BCUT2D eigenvalue weighted by Crippen LogP contribution is 2.28. The Labute approximate surface area is 154 Å². The maximum Gasteiger partial charge on any atom is 0.227 e. The molecule has 3 heterocycles. The van der Waals surface area contributed by atoms with Gasteiger partial charge in [0.1, 0.15) is 5.82 Å². The van der Waals surface area contributed by atoms with Crippen molar-refractivity contribution in [1.29, 1.82) is 0 Å². The fourth-order valence-corrected chi connectivity index (χ4v) is 3.40. The number of aryl methyl sites for hydroxylation is 1. The van der Waals surface area contributed by atoms with Crippen molar-refractivity contribution in [2.45, 2.75) is 45.6 Å². The number of ether oxygens (including phenoxy) is 1. The van der Waals surface area contributed by atoms with E-state index in [1.54, 1.807) is 12.4 Å². The fraction of sp³-hybridized carbons (Fsp3) is 0.500. The van der Waals surface area contributed by atoms with Gasteiger partial charge < -0.3 is 9.64 Å². The van der Waals surface area contributed by atoms with Crippen molar-refractivity contribution in [3.63, 3.8) is 0 Å². The molecule has 1 amide bonds. The monoisotopic (exact) mass is 354 g/mol. The predicted octanol–water partition coefficient (Wildman–Crippen LogP) is 2.67. The Bertz CT molecular complexity index is 736. The van der Waals surface area contributed by atoms with Crippen LogP contribution in [0.3, 0.4) is 0 Å². The molecular weight excluding hydrogens is 328 g/mol. The predicted molar refractivity (Wildman–Crippen MR) is 98.6 cm³/mol. The second kappa shape index (κ2) is 8.85. The van der Waals surface area contributed by atoms with Gasteiger partial charge >= 0.3 is 0 Å².